The van der Waals surface area contributed by atoms with E-state index in [-0.39, 0.29) is 0 Å². The molecule has 3 aromatic rings. The zero-order valence-corrected chi connectivity index (χ0v) is 13.3. The number of fused-ring (bicyclic) bond motifs is 2. The van der Waals surface area contributed by atoms with Gasteiger partial charge in [-0.25, -0.2) is 4.98 Å². The van der Waals surface area contributed by atoms with Crippen molar-refractivity contribution in [1.29, 1.82) is 0 Å². The average molecular weight is 322 g/mol. The van der Waals surface area contributed by atoms with E-state index in [9.17, 15) is 0 Å². The number of hydrogen-bond acceptors (Lipinski definition) is 4. The van der Waals surface area contributed by atoms with Crippen molar-refractivity contribution in [3.63, 3.8) is 0 Å². The highest BCUT2D eigenvalue weighted by Gasteiger charge is 2.23. The second-order valence-corrected chi connectivity index (χ2v) is 5.68. The van der Waals surface area contributed by atoms with Gasteiger partial charge in [0.25, 0.3) is 0 Å². The van der Waals surface area contributed by atoms with Gasteiger partial charge in [0.05, 0.1) is 12.7 Å². The fourth-order valence-corrected chi connectivity index (χ4v) is 2.98. The number of ether oxygens (including phenoxy) is 2. The monoisotopic (exact) mass is 322 g/mol. The molecule has 5 heteroatoms. The molecule has 114 valence electrons. The van der Waals surface area contributed by atoms with E-state index in [1.807, 2.05) is 48.5 Å². The Kier molecular flexibility index (Phi) is 3.35. The Labute approximate surface area is 138 Å². The second kappa shape index (κ2) is 5.52. The highest BCUT2D eigenvalue weighted by atomic mass is 32.1. The van der Waals surface area contributed by atoms with Gasteiger partial charge in [-0.05, 0) is 6.07 Å². The molecule has 0 aliphatic carbocycles. The van der Waals surface area contributed by atoms with Crippen LogP contribution in [0.1, 0.15) is 11.1 Å². The molecule has 0 atom stereocenters. The number of nitrogens with one attached hydrogen (secondary N) is 1. The topological polar surface area (TPSA) is 47.1 Å². The minimum atomic E-state index is 0.561. The molecule has 1 aromatic heterocycles. The highest BCUT2D eigenvalue weighted by molar-refractivity contribution is 7.71. The smallest absolute Gasteiger partial charge is 0.205 e. The molecule has 0 saturated carbocycles. The van der Waals surface area contributed by atoms with E-state index < -0.39 is 0 Å². The number of benzene rings is 2. The van der Waals surface area contributed by atoms with Gasteiger partial charge in [0, 0.05) is 17.5 Å². The molecule has 2 aromatic carbocycles. The van der Waals surface area contributed by atoms with E-state index in [0.29, 0.717) is 28.5 Å². The van der Waals surface area contributed by atoms with E-state index in [0.717, 1.165) is 22.4 Å². The van der Waals surface area contributed by atoms with Crippen molar-refractivity contribution in [2.75, 3.05) is 7.11 Å². The molecular weight excluding hydrogens is 308 g/mol. The lowest BCUT2D eigenvalue weighted by Crippen LogP contribution is -2.08. The summed E-state index contributed by atoms with van der Waals surface area (Å²) in [7, 11) is 1.64. The molecule has 0 fully saturated rings. The van der Waals surface area contributed by atoms with Crippen LogP contribution in [0.3, 0.4) is 0 Å². The molecule has 0 spiro atoms. The van der Waals surface area contributed by atoms with Crippen LogP contribution in [0.25, 0.3) is 11.4 Å². The molecule has 0 bridgehead atoms. The van der Waals surface area contributed by atoms with Gasteiger partial charge in [0.1, 0.15) is 10.5 Å². The molecule has 4 nitrogen and oxygen atoms in total. The SMILES string of the molecule is COc1cccc2c1Oc1[nH]c(-c3ccccc3)nc(=S)c1C2. The third-order valence-corrected chi connectivity index (χ3v) is 4.21. The number of nitrogens with zero attached hydrogens (tertiary/aromatic N) is 1. The number of aromatic nitrogens is 2. The molecule has 23 heavy (non-hydrogen) atoms. The number of H-pyrrole nitrogens is 1. The Morgan fingerprint density at radius 3 is 2.74 bits per heavy atom. The van der Waals surface area contributed by atoms with Gasteiger partial charge in [-0.3, -0.25) is 0 Å². The predicted octanol–water partition coefficient (Wildman–Crippen LogP) is 4.51. The zero-order chi connectivity index (χ0) is 15.8. The van der Waals surface area contributed by atoms with Crippen LogP contribution in [0.15, 0.2) is 48.5 Å². The Morgan fingerprint density at radius 2 is 1.96 bits per heavy atom. The van der Waals surface area contributed by atoms with Crippen LogP contribution >= 0.6 is 12.2 Å². The van der Waals surface area contributed by atoms with Crippen LogP contribution in [0.2, 0.25) is 0 Å². The fraction of sp³-hybridized carbons (Fsp3) is 0.111. The highest BCUT2D eigenvalue weighted by Crippen LogP contribution is 2.41. The lowest BCUT2D eigenvalue weighted by molar-refractivity contribution is 0.365. The van der Waals surface area contributed by atoms with Crippen LogP contribution in [0.4, 0.5) is 0 Å². The minimum absolute atomic E-state index is 0.561. The summed E-state index contributed by atoms with van der Waals surface area (Å²) in [6, 6.07) is 15.7. The molecule has 1 N–H and O–H groups in total. The molecular formula is C18H14N2O2S. The van der Waals surface area contributed by atoms with Crippen molar-refractivity contribution in [2.45, 2.75) is 6.42 Å². The molecule has 4 rings (SSSR count). The third kappa shape index (κ3) is 2.39. The van der Waals surface area contributed by atoms with E-state index >= 15 is 0 Å². The Balaban J connectivity index is 1.84. The standard InChI is InChI=1S/C18H14N2O2S/c1-21-14-9-5-8-12-10-13-17(22-15(12)14)19-16(20-18(13)23)11-6-3-2-4-7-11/h2-9H,10H2,1H3,(H,19,20,23). The van der Waals surface area contributed by atoms with Crippen molar-refractivity contribution in [1.82, 2.24) is 9.97 Å². The van der Waals surface area contributed by atoms with Gasteiger partial charge in [-0.1, -0.05) is 54.7 Å². The molecule has 0 amide bonds. The van der Waals surface area contributed by atoms with E-state index in [1.54, 1.807) is 7.11 Å². The summed E-state index contributed by atoms with van der Waals surface area (Å²) in [5, 5.41) is 0. The number of methoxy groups -OCH3 is 1. The maximum absolute atomic E-state index is 6.06. The third-order valence-electron chi connectivity index (χ3n) is 3.88. The van der Waals surface area contributed by atoms with Gasteiger partial charge >= 0.3 is 0 Å². The maximum Gasteiger partial charge on any atom is 0.205 e. The maximum atomic E-state index is 6.06. The first-order valence-electron chi connectivity index (χ1n) is 7.28. The fourth-order valence-electron chi connectivity index (χ4n) is 2.72. The second-order valence-electron chi connectivity index (χ2n) is 5.29. The van der Waals surface area contributed by atoms with Gasteiger partial charge in [0.15, 0.2) is 11.5 Å². The first-order chi connectivity index (χ1) is 11.3. The van der Waals surface area contributed by atoms with E-state index in [2.05, 4.69) is 9.97 Å². The molecule has 1 aliphatic rings. The summed E-state index contributed by atoms with van der Waals surface area (Å²) in [4.78, 5) is 7.78. The van der Waals surface area contributed by atoms with Gasteiger partial charge in [0.2, 0.25) is 5.88 Å². The van der Waals surface area contributed by atoms with Crippen molar-refractivity contribution < 1.29 is 9.47 Å². The van der Waals surface area contributed by atoms with Crippen molar-refractivity contribution in [3.8, 4) is 28.8 Å². The molecule has 2 heterocycles. The quantitative estimate of drug-likeness (QED) is 0.552. The van der Waals surface area contributed by atoms with Crippen LogP contribution in [-0.4, -0.2) is 17.1 Å². The zero-order valence-electron chi connectivity index (χ0n) is 12.5. The van der Waals surface area contributed by atoms with Gasteiger partial charge in [-0.2, -0.15) is 0 Å². The van der Waals surface area contributed by atoms with Gasteiger partial charge < -0.3 is 14.5 Å². The van der Waals surface area contributed by atoms with Crippen LogP contribution in [0, 0.1) is 4.64 Å². The van der Waals surface area contributed by atoms with Gasteiger partial charge in [-0.15, -0.1) is 0 Å². The minimum Gasteiger partial charge on any atom is -0.493 e. The summed E-state index contributed by atoms with van der Waals surface area (Å²) >= 11 is 5.47. The summed E-state index contributed by atoms with van der Waals surface area (Å²) in [6.07, 6.45) is 0.680. The Morgan fingerprint density at radius 1 is 1.13 bits per heavy atom. The molecule has 0 unspecified atom stereocenters. The number of rotatable bonds is 2. The summed E-state index contributed by atoms with van der Waals surface area (Å²) in [5.74, 6) is 2.79. The number of aromatic amines is 1. The Hall–Kier alpha value is -2.66. The molecule has 0 saturated heterocycles. The lowest BCUT2D eigenvalue weighted by Gasteiger charge is -2.22. The first kappa shape index (κ1) is 14.0. The van der Waals surface area contributed by atoms with E-state index in [4.69, 9.17) is 21.7 Å². The lowest BCUT2D eigenvalue weighted by atomic mass is 10.0. The predicted molar refractivity (Wildman–Crippen MR) is 90.7 cm³/mol. The first-order valence-corrected chi connectivity index (χ1v) is 7.69. The molecule has 0 radical (unpaired) electrons. The number of para-hydroxylation sites is 1. The van der Waals surface area contributed by atoms with Crippen LogP contribution in [0.5, 0.6) is 17.4 Å². The summed E-state index contributed by atoms with van der Waals surface area (Å²) in [5.41, 5.74) is 2.92. The van der Waals surface area contributed by atoms with E-state index in [1.165, 1.54) is 0 Å². The van der Waals surface area contributed by atoms with Crippen LogP contribution in [-0.2, 0) is 6.42 Å². The average Bonchev–Trinajstić information content (AvgIpc) is 2.60. The summed E-state index contributed by atoms with van der Waals surface area (Å²) in [6.45, 7) is 0. The Bertz CT molecular complexity index is 935. The normalized spacial score (nSPS) is 12.0. The van der Waals surface area contributed by atoms with Crippen molar-refractivity contribution >= 4 is 12.2 Å². The van der Waals surface area contributed by atoms with Crippen molar-refractivity contribution in [3.05, 3.63) is 64.3 Å². The number of hydrogen-bond donors (Lipinski definition) is 1. The summed E-state index contributed by atoms with van der Waals surface area (Å²) < 4.78 is 12.0. The molecule has 1 aliphatic heterocycles. The van der Waals surface area contributed by atoms with Crippen molar-refractivity contribution in [2.24, 2.45) is 0 Å². The largest absolute Gasteiger partial charge is 0.493 e. The van der Waals surface area contributed by atoms with Crippen LogP contribution < -0.4 is 9.47 Å².